The molecule has 146 valence electrons. The van der Waals surface area contributed by atoms with Crippen LogP contribution in [-0.4, -0.2) is 26.0 Å². The molecule has 0 aliphatic rings. The number of anilines is 1. The van der Waals surface area contributed by atoms with Crippen LogP contribution < -0.4 is 10.9 Å². The maximum absolute atomic E-state index is 12.3. The van der Waals surface area contributed by atoms with E-state index in [1.54, 1.807) is 59.8 Å². The molecule has 0 bridgehead atoms. The average Bonchev–Trinajstić information content (AvgIpc) is 3.40. The molecule has 3 heterocycles. The maximum Gasteiger partial charge on any atom is 0.340 e. The lowest BCUT2D eigenvalue weighted by molar-refractivity contribution is 0.0961. The van der Waals surface area contributed by atoms with E-state index in [-0.39, 0.29) is 11.9 Å². The molecule has 8 nitrogen and oxygen atoms in total. The Bertz CT molecular complexity index is 1100. The molecule has 4 aromatic rings. The van der Waals surface area contributed by atoms with Crippen molar-refractivity contribution in [2.24, 2.45) is 0 Å². The van der Waals surface area contributed by atoms with Gasteiger partial charge in [-0.15, -0.1) is 23.1 Å². The van der Waals surface area contributed by atoms with E-state index >= 15 is 0 Å². The van der Waals surface area contributed by atoms with Crippen LogP contribution in [0.1, 0.15) is 21.1 Å². The van der Waals surface area contributed by atoms with E-state index in [2.05, 4.69) is 36.3 Å². The predicted molar refractivity (Wildman–Crippen MR) is 111 cm³/mol. The zero-order valence-corrected chi connectivity index (χ0v) is 17.0. The Kier molecular flexibility index (Phi) is 5.82. The number of hydrazine groups is 1. The Morgan fingerprint density at radius 1 is 1.14 bits per heavy atom. The Balaban J connectivity index is 1.30. The Morgan fingerprint density at radius 2 is 1.93 bits per heavy atom. The first-order chi connectivity index (χ1) is 14.2. The third-order valence-electron chi connectivity index (χ3n) is 3.82. The van der Waals surface area contributed by atoms with Crippen molar-refractivity contribution in [2.45, 2.75) is 17.6 Å². The van der Waals surface area contributed by atoms with Gasteiger partial charge >= 0.3 is 6.01 Å². The number of amides is 1. The summed E-state index contributed by atoms with van der Waals surface area (Å²) in [6, 6.07) is 11.0. The molecule has 0 radical (unpaired) electrons. The summed E-state index contributed by atoms with van der Waals surface area (Å²) >= 11 is 3.32. The van der Waals surface area contributed by atoms with Crippen LogP contribution in [-0.2, 0) is 5.75 Å². The number of thiazole rings is 1. The molecule has 3 aromatic heterocycles. The number of nitrogens with one attached hydrogen (secondary N) is 2. The molecule has 0 aliphatic carbocycles. The van der Waals surface area contributed by atoms with Gasteiger partial charge in [0.2, 0.25) is 5.82 Å². The van der Waals surface area contributed by atoms with Gasteiger partial charge in [0.1, 0.15) is 0 Å². The number of rotatable bonds is 7. The molecule has 0 spiro atoms. The molecular weight excluding hydrogens is 408 g/mol. The molecule has 0 aliphatic heterocycles. The monoisotopic (exact) mass is 424 g/mol. The standard InChI is InChI=1S/C19H16N6O2S2/c1-12-21-15(10-28-12)11-29-16-4-2-14(3-5-16)18(26)23-24-19-22-17(25-27-19)13-6-8-20-9-7-13/h2-10H,11H2,1H3,(H,23,26)(H,22,24,25). The molecule has 4 rings (SSSR count). The summed E-state index contributed by atoms with van der Waals surface area (Å²) in [5.41, 5.74) is 7.52. The number of hydrogen-bond acceptors (Lipinski definition) is 9. The summed E-state index contributed by atoms with van der Waals surface area (Å²) in [6.07, 6.45) is 3.28. The quantitative estimate of drug-likeness (QED) is 0.339. The number of carbonyl (C=O) groups is 1. The maximum atomic E-state index is 12.3. The summed E-state index contributed by atoms with van der Waals surface area (Å²) in [4.78, 5) is 25.9. The molecule has 0 saturated carbocycles. The largest absolute Gasteiger partial charge is 0.340 e. The lowest BCUT2D eigenvalue weighted by Gasteiger charge is -2.05. The van der Waals surface area contributed by atoms with Crippen LogP contribution in [0.2, 0.25) is 0 Å². The van der Waals surface area contributed by atoms with Crippen molar-refractivity contribution in [3.8, 4) is 11.4 Å². The van der Waals surface area contributed by atoms with E-state index in [0.717, 1.165) is 26.9 Å². The average molecular weight is 425 g/mol. The van der Waals surface area contributed by atoms with Gasteiger partial charge in [-0.1, -0.05) is 5.16 Å². The highest BCUT2D eigenvalue weighted by molar-refractivity contribution is 7.98. The summed E-state index contributed by atoms with van der Waals surface area (Å²) in [5, 5.41) is 6.99. The van der Waals surface area contributed by atoms with Crippen molar-refractivity contribution in [3.63, 3.8) is 0 Å². The van der Waals surface area contributed by atoms with E-state index in [0.29, 0.717) is 11.4 Å². The van der Waals surface area contributed by atoms with E-state index in [9.17, 15) is 4.79 Å². The number of aromatic nitrogens is 4. The van der Waals surface area contributed by atoms with Gasteiger partial charge < -0.3 is 4.52 Å². The number of benzene rings is 1. The minimum atomic E-state index is -0.305. The number of aryl methyl sites for hydroxylation is 1. The summed E-state index contributed by atoms with van der Waals surface area (Å²) in [7, 11) is 0. The van der Waals surface area contributed by atoms with Crippen LogP contribution in [0.15, 0.2) is 63.6 Å². The third kappa shape index (κ3) is 4.98. The van der Waals surface area contributed by atoms with Crippen LogP contribution in [0.5, 0.6) is 0 Å². The first-order valence-electron chi connectivity index (χ1n) is 8.62. The second kappa shape index (κ2) is 8.84. The molecule has 0 saturated heterocycles. The van der Waals surface area contributed by atoms with E-state index in [4.69, 9.17) is 4.52 Å². The Labute approximate surface area is 174 Å². The highest BCUT2D eigenvalue weighted by atomic mass is 32.2. The second-order valence-corrected chi connectivity index (χ2v) is 8.02. The molecule has 1 amide bonds. The van der Waals surface area contributed by atoms with Crippen molar-refractivity contribution in [1.82, 2.24) is 25.5 Å². The van der Waals surface area contributed by atoms with E-state index in [1.165, 1.54) is 0 Å². The van der Waals surface area contributed by atoms with Gasteiger partial charge in [0.05, 0.1) is 10.7 Å². The molecule has 0 fully saturated rings. The summed E-state index contributed by atoms with van der Waals surface area (Å²) in [5.74, 6) is 0.898. The van der Waals surface area contributed by atoms with Gasteiger partial charge in [-0.25, -0.2) is 10.4 Å². The molecule has 1 aromatic carbocycles. The zero-order chi connectivity index (χ0) is 20.1. The van der Waals surface area contributed by atoms with Crippen molar-refractivity contribution >= 4 is 35.0 Å². The number of carbonyl (C=O) groups excluding carboxylic acids is 1. The molecule has 0 unspecified atom stereocenters. The Morgan fingerprint density at radius 3 is 2.66 bits per heavy atom. The number of hydrogen-bond donors (Lipinski definition) is 2. The summed E-state index contributed by atoms with van der Waals surface area (Å²) in [6.45, 7) is 1.99. The topological polar surface area (TPSA) is 106 Å². The number of thioether (sulfide) groups is 1. The molecule has 29 heavy (non-hydrogen) atoms. The minimum absolute atomic E-state index is 0.0934. The molecule has 0 atom stereocenters. The fourth-order valence-corrected chi connectivity index (χ4v) is 3.92. The van der Waals surface area contributed by atoms with Crippen LogP contribution in [0.4, 0.5) is 6.01 Å². The lowest BCUT2D eigenvalue weighted by atomic mass is 10.2. The zero-order valence-electron chi connectivity index (χ0n) is 15.3. The summed E-state index contributed by atoms with van der Waals surface area (Å²) < 4.78 is 5.08. The van der Waals surface area contributed by atoms with E-state index in [1.807, 2.05) is 19.1 Å². The van der Waals surface area contributed by atoms with Gasteiger partial charge in [0.25, 0.3) is 5.91 Å². The molecule has 2 N–H and O–H groups in total. The molecular formula is C19H16N6O2S2. The fourth-order valence-electron chi connectivity index (χ4n) is 2.41. The minimum Gasteiger partial charge on any atom is -0.313 e. The lowest BCUT2D eigenvalue weighted by Crippen LogP contribution is -2.29. The van der Waals surface area contributed by atoms with Crippen molar-refractivity contribution < 1.29 is 9.32 Å². The highest BCUT2D eigenvalue weighted by Crippen LogP contribution is 2.24. The predicted octanol–water partition coefficient (Wildman–Crippen LogP) is 3.95. The van der Waals surface area contributed by atoms with Crippen LogP contribution in [0.25, 0.3) is 11.4 Å². The Hall–Kier alpha value is -3.24. The van der Waals surface area contributed by atoms with Crippen LogP contribution in [0.3, 0.4) is 0 Å². The smallest absolute Gasteiger partial charge is 0.313 e. The van der Waals surface area contributed by atoms with Gasteiger partial charge in [-0.3, -0.25) is 15.2 Å². The third-order valence-corrected chi connectivity index (χ3v) is 5.69. The van der Waals surface area contributed by atoms with Crippen molar-refractivity contribution in [2.75, 3.05) is 5.43 Å². The van der Waals surface area contributed by atoms with Crippen LogP contribution >= 0.6 is 23.1 Å². The first kappa shape index (κ1) is 19.1. The van der Waals surface area contributed by atoms with Crippen molar-refractivity contribution in [1.29, 1.82) is 0 Å². The second-order valence-electron chi connectivity index (χ2n) is 5.91. The number of nitrogens with zero attached hydrogens (tertiary/aromatic N) is 4. The van der Waals surface area contributed by atoms with Gasteiger partial charge in [-0.05, 0) is 43.3 Å². The van der Waals surface area contributed by atoms with Gasteiger partial charge in [0, 0.05) is 39.5 Å². The van der Waals surface area contributed by atoms with Gasteiger partial charge in [0.15, 0.2) is 0 Å². The normalized spacial score (nSPS) is 10.7. The van der Waals surface area contributed by atoms with Gasteiger partial charge in [-0.2, -0.15) is 4.98 Å². The first-order valence-corrected chi connectivity index (χ1v) is 10.5. The fraction of sp³-hybridized carbons (Fsp3) is 0.105. The number of pyridine rings is 1. The highest BCUT2D eigenvalue weighted by Gasteiger charge is 2.10. The van der Waals surface area contributed by atoms with Crippen LogP contribution in [0, 0.1) is 6.92 Å². The van der Waals surface area contributed by atoms with Crippen molar-refractivity contribution in [3.05, 3.63) is 70.4 Å². The molecule has 10 heteroatoms. The van der Waals surface area contributed by atoms with E-state index < -0.39 is 0 Å². The SMILES string of the molecule is Cc1nc(CSc2ccc(C(=O)NNc3nc(-c4ccncc4)no3)cc2)cs1.